The predicted molar refractivity (Wildman–Crippen MR) is 109 cm³/mol. The topological polar surface area (TPSA) is 37.3 Å². The van der Waals surface area contributed by atoms with E-state index in [0.717, 1.165) is 37.0 Å². The minimum absolute atomic E-state index is 0.242. The van der Waals surface area contributed by atoms with Crippen molar-refractivity contribution in [1.29, 1.82) is 0 Å². The van der Waals surface area contributed by atoms with Gasteiger partial charge in [-0.05, 0) is 99.2 Å². The van der Waals surface area contributed by atoms with Crippen LogP contribution in [0.3, 0.4) is 0 Å². The Morgan fingerprint density at radius 3 is 2.42 bits per heavy atom. The smallest absolute Gasteiger partial charge is 0.147 e. The summed E-state index contributed by atoms with van der Waals surface area (Å²) in [6.07, 6.45) is 12.0. The van der Waals surface area contributed by atoms with Crippen LogP contribution < -0.4 is 0 Å². The van der Waals surface area contributed by atoms with E-state index in [-0.39, 0.29) is 11.3 Å². The number of halogens is 1. The molecule has 0 heterocycles. The van der Waals surface area contributed by atoms with Gasteiger partial charge in [0, 0.05) is 5.92 Å². The predicted octanol–water partition coefficient (Wildman–Crippen LogP) is 5.75. The fourth-order valence-corrected chi connectivity index (χ4v) is 8.76. The molecule has 0 aromatic carbocycles. The van der Waals surface area contributed by atoms with Gasteiger partial charge in [0.1, 0.15) is 5.78 Å². The third kappa shape index (κ3) is 2.86. The molecule has 4 fully saturated rings. The van der Waals surface area contributed by atoms with Gasteiger partial charge < -0.3 is 5.11 Å². The summed E-state index contributed by atoms with van der Waals surface area (Å²) in [7, 11) is 0. The molecule has 26 heavy (non-hydrogen) atoms. The molecule has 0 amide bonds. The van der Waals surface area contributed by atoms with Crippen LogP contribution in [0, 0.1) is 40.4 Å². The molecular weight excluding hydrogens is 388 g/mol. The van der Waals surface area contributed by atoms with Crippen molar-refractivity contribution in [1.82, 2.24) is 0 Å². The molecule has 0 spiro atoms. The maximum Gasteiger partial charge on any atom is 0.147 e. The normalized spacial score (nSPS) is 54.0. The maximum atomic E-state index is 12.6. The zero-order valence-electron chi connectivity index (χ0n) is 16.9. The Kier molecular flexibility index (Phi) is 4.91. The maximum absolute atomic E-state index is 12.6. The van der Waals surface area contributed by atoms with Gasteiger partial charge in [-0.25, -0.2) is 0 Å². The fourth-order valence-electron chi connectivity index (χ4n) is 8.36. The van der Waals surface area contributed by atoms with Gasteiger partial charge in [-0.15, -0.1) is 0 Å². The van der Waals surface area contributed by atoms with Crippen LogP contribution in [0.5, 0.6) is 0 Å². The molecule has 0 aromatic heterocycles. The molecule has 4 rings (SSSR count). The van der Waals surface area contributed by atoms with E-state index in [2.05, 4.69) is 36.7 Å². The SMILES string of the molecule is C[C@@]1(O)CCC[C@@]2(C)[C@@H](CC[C@@H]3[C@@H]2CC[C@]2(C)[C@@H](C(=O)CBr)CC[C@@H]32)C1. The summed E-state index contributed by atoms with van der Waals surface area (Å²) in [5.41, 5.74) is 0.187. The van der Waals surface area contributed by atoms with Crippen LogP contribution in [0.25, 0.3) is 0 Å². The minimum atomic E-state index is -0.459. The Labute approximate surface area is 168 Å². The van der Waals surface area contributed by atoms with Crippen molar-refractivity contribution in [3.05, 3.63) is 0 Å². The van der Waals surface area contributed by atoms with E-state index < -0.39 is 5.60 Å². The van der Waals surface area contributed by atoms with E-state index in [1.807, 2.05) is 0 Å². The monoisotopic (exact) mass is 424 g/mol. The van der Waals surface area contributed by atoms with Gasteiger partial charge >= 0.3 is 0 Å². The summed E-state index contributed by atoms with van der Waals surface area (Å²) < 4.78 is 0. The largest absolute Gasteiger partial charge is 0.390 e. The first-order chi connectivity index (χ1) is 12.2. The lowest BCUT2D eigenvalue weighted by Crippen LogP contribution is -2.52. The van der Waals surface area contributed by atoms with Crippen LogP contribution in [0.15, 0.2) is 0 Å². The molecule has 148 valence electrons. The van der Waals surface area contributed by atoms with Gasteiger partial charge in [-0.2, -0.15) is 0 Å². The van der Waals surface area contributed by atoms with Crippen LogP contribution in [0.1, 0.15) is 85.0 Å². The molecule has 3 heteroatoms. The molecule has 0 aliphatic heterocycles. The van der Waals surface area contributed by atoms with E-state index >= 15 is 0 Å². The Morgan fingerprint density at radius 1 is 0.962 bits per heavy atom. The molecule has 4 aliphatic rings. The number of carbonyl (C=O) groups excluding carboxylic acids is 1. The van der Waals surface area contributed by atoms with Crippen LogP contribution >= 0.6 is 15.9 Å². The van der Waals surface area contributed by atoms with Crippen molar-refractivity contribution < 1.29 is 9.90 Å². The summed E-state index contributed by atoms with van der Waals surface area (Å²) in [4.78, 5) is 12.6. The highest BCUT2D eigenvalue weighted by molar-refractivity contribution is 9.09. The number of hydrogen-bond acceptors (Lipinski definition) is 2. The third-order valence-electron chi connectivity index (χ3n) is 9.70. The summed E-state index contributed by atoms with van der Waals surface area (Å²) in [6.45, 7) is 7.07. The van der Waals surface area contributed by atoms with Crippen LogP contribution in [0.2, 0.25) is 0 Å². The van der Waals surface area contributed by atoms with Crippen molar-refractivity contribution >= 4 is 21.7 Å². The summed E-state index contributed by atoms with van der Waals surface area (Å²) >= 11 is 3.43. The van der Waals surface area contributed by atoms with Gasteiger partial charge in [0.05, 0.1) is 10.9 Å². The molecule has 0 aromatic rings. The van der Waals surface area contributed by atoms with Crippen molar-refractivity contribution in [2.75, 3.05) is 5.33 Å². The van der Waals surface area contributed by atoms with Gasteiger partial charge in [0.2, 0.25) is 0 Å². The number of alkyl halides is 1. The van der Waals surface area contributed by atoms with Crippen LogP contribution in [-0.2, 0) is 4.79 Å². The number of aliphatic hydroxyl groups is 1. The van der Waals surface area contributed by atoms with Gasteiger partial charge in [0.15, 0.2) is 0 Å². The molecule has 1 N–H and O–H groups in total. The fraction of sp³-hybridized carbons (Fsp3) is 0.957. The first-order valence-electron chi connectivity index (χ1n) is 11.0. The Balaban J connectivity index is 1.61. The average molecular weight is 425 g/mol. The minimum Gasteiger partial charge on any atom is -0.390 e. The Hall–Kier alpha value is 0.110. The molecular formula is C23H37BrO2. The quantitative estimate of drug-likeness (QED) is 0.572. The first kappa shape index (κ1) is 19.4. The molecule has 4 aliphatic carbocycles. The second-order valence-corrected chi connectivity index (χ2v) is 11.5. The van der Waals surface area contributed by atoms with E-state index in [9.17, 15) is 9.90 Å². The molecule has 2 nitrogen and oxygen atoms in total. The zero-order chi connectivity index (χ0) is 18.7. The molecule has 0 unspecified atom stereocenters. The van der Waals surface area contributed by atoms with Crippen molar-refractivity contribution in [2.24, 2.45) is 40.4 Å². The number of rotatable bonds is 2. The average Bonchev–Trinajstić information content (AvgIpc) is 2.87. The Bertz CT molecular complexity index is 573. The third-order valence-corrected chi connectivity index (χ3v) is 10.3. The van der Waals surface area contributed by atoms with Gasteiger partial charge in [-0.3, -0.25) is 4.79 Å². The van der Waals surface area contributed by atoms with E-state index in [0.29, 0.717) is 22.4 Å². The van der Waals surface area contributed by atoms with Gasteiger partial charge in [-0.1, -0.05) is 36.2 Å². The number of Topliss-reactive ketones (excluding diaryl/α,β-unsaturated/α-hetero) is 1. The lowest BCUT2D eigenvalue weighted by Gasteiger charge is -2.59. The zero-order valence-corrected chi connectivity index (χ0v) is 18.5. The molecule has 0 saturated heterocycles. The van der Waals surface area contributed by atoms with E-state index in [1.54, 1.807) is 0 Å². The summed E-state index contributed by atoms with van der Waals surface area (Å²) in [6, 6.07) is 0. The van der Waals surface area contributed by atoms with E-state index in [1.165, 1.54) is 44.9 Å². The first-order valence-corrected chi connectivity index (χ1v) is 12.1. The highest BCUT2D eigenvalue weighted by Gasteiger charge is 2.60. The molecule has 0 radical (unpaired) electrons. The molecule has 0 bridgehead atoms. The molecule has 8 atom stereocenters. The van der Waals surface area contributed by atoms with Gasteiger partial charge in [0.25, 0.3) is 0 Å². The highest BCUT2D eigenvalue weighted by atomic mass is 79.9. The number of hydrogen-bond donors (Lipinski definition) is 1. The van der Waals surface area contributed by atoms with Crippen LogP contribution in [-0.4, -0.2) is 21.8 Å². The second-order valence-electron chi connectivity index (χ2n) is 11.0. The second kappa shape index (κ2) is 6.58. The van der Waals surface area contributed by atoms with Crippen molar-refractivity contribution in [2.45, 2.75) is 90.6 Å². The highest BCUT2D eigenvalue weighted by Crippen LogP contribution is 2.67. The summed E-state index contributed by atoms with van der Waals surface area (Å²) in [5.74, 6) is 3.78. The standard InChI is InChI=1S/C23H37BrO2/c1-21(26)10-4-11-22(2)15(13-21)5-6-16-17-7-8-19(20(25)14-24)23(17,3)12-9-18(16)22/h15-19,26H,4-14H2,1-3H3/t15-,16-,17-,18-,19+,21+,22-,23-/m0/s1. The Morgan fingerprint density at radius 2 is 1.69 bits per heavy atom. The number of fused-ring (bicyclic) bond motifs is 5. The molecule has 4 saturated carbocycles. The van der Waals surface area contributed by atoms with Crippen molar-refractivity contribution in [3.8, 4) is 0 Å². The van der Waals surface area contributed by atoms with E-state index in [4.69, 9.17) is 0 Å². The van der Waals surface area contributed by atoms with Crippen LogP contribution in [0.4, 0.5) is 0 Å². The van der Waals surface area contributed by atoms with Crippen molar-refractivity contribution in [3.63, 3.8) is 0 Å². The summed E-state index contributed by atoms with van der Waals surface area (Å²) in [5, 5.41) is 11.3. The number of carbonyl (C=O) groups is 1. The lowest BCUT2D eigenvalue weighted by atomic mass is 9.46. The number of ketones is 1. The lowest BCUT2D eigenvalue weighted by molar-refractivity contribution is -0.132.